The number of aliphatic hydroxyl groups excluding tert-OH is 1. The molecule has 0 heterocycles. The highest BCUT2D eigenvalue weighted by Gasteiger charge is 2.30. The first-order valence-electron chi connectivity index (χ1n) is 29.6. The minimum absolute atomic E-state index is 0.0987. The fraction of sp³-hybridized carbons (Fsp3) is 0.929. The van der Waals surface area contributed by atoms with Gasteiger partial charge >= 0.3 is 39.5 Å². The summed E-state index contributed by atoms with van der Waals surface area (Å²) in [6.07, 6.45) is 31.4. The van der Waals surface area contributed by atoms with Gasteiger partial charge in [0, 0.05) is 25.7 Å². The minimum Gasteiger partial charge on any atom is -0.462 e. The Labute approximate surface area is 454 Å². The van der Waals surface area contributed by atoms with Crippen LogP contribution in [0.15, 0.2) is 0 Å². The topological polar surface area (TPSA) is 237 Å². The molecule has 0 saturated carbocycles. The molecular weight excluding hydrogens is 1010 g/mol. The molecule has 0 amide bonds. The quantitative estimate of drug-likeness (QED) is 0.0222. The van der Waals surface area contributed by atoms with E-state index in [1.165, 1.54) is 89.9 Å². The van der Waals surface area contributed by atoms with Crippen LogP contribution in [0.4, 0.5) is 0 Å². The Kier molecular flexibility index (Phi) is 49.0. The highest BCUT2D eigenvalue weighted by atomic mass is 31.2. The van der Waals surface area contributed by atoms with Gasteiger partial charge in [0.15, 0.2) is 12.2 Å². The van der Waals surface area contributed by atoms with E-state index in [1.54, 1.807) is 0 Å². The number of carbonyl (C=O) groups is 4. The number of aliphatic hydroxyl groups is 1. The van der Waals surface area contributed by atoms with E-state index in [4.69, 9.17) is 37.0 Å². The predicted molar refractivity (Wildman–Crippen MR) is 294 cm³/mol. The van der Waals surface area contributed by atoms with E-state index in [0.29, 0.717) is 25.7 Å². The predicted octanol–water partition coefficient (Wildman–Crippen LogP) is 14.7. The summed E-state index contributed by atoms with van der Waals surface area (Å²) in [5, 5.41) is 10.4. The van der Waals surface area contributed by atoms with Crippen molar-refractivity contribution in [1.82, 2.24) is 0 Å². The van der Waals surface area contributed by atoms with E-state index in [1.807, 2.05) is 0 Å². The largest absolute Gasteiger partial charge is 0.472 e. The zero-order valence-corrected chi connectivity index (χ0v) is 49.5. The van der Waals surface area contributed by atoms with Crippen molar-refractivity contribution >= 4 is 39.5 Å². The maximum absolute atomic E-state index is 12.9. The molecule has 75 heavy (non-hydrogen) atoms. The summed E-state index contributed by atoms with van der Waals surface area (Å²) in [5.41, 5.74) is 0. The summed E-state index contributed by atoms with van der Waals surface area (Å²) in [6.45, 7) is 6.93. The second-order valence-corrected chi connectivity index (χ2v) is 23.7. The van der Waals surface area contributed by atoms with Crippen molar-refractivity contribution in [2.45, 2.75) is 291 Å². The third-order valence-electron chi connectivity index (χ3n) is 12.8. The van der Waals surface area contributed by atoms with Gasteiger partial charge in [-0.2, -0.15) is 0 Å². The van der Waals surface area contributed by atoms with Crippen LogP contribution in [0.25, 0.3) is 0 Å². The molecule has 0 aromatic heterocycles. The Morgan fingerprint density at radius 1 is 0.360 bits per heavy atom. The molecular formula is C56H108O17P2. The SMILES string of the molecule is CCCCCCCCCCCCCCCC(=O)O[C@H](COC(=O)CCCCCCCCCCCC(C)C)COP(=O)(O)OC[C@@H](O)COP(=O)(O)OC[C@@H](COC(=O)CCCCCCC)OC(=O)CCCCCCC. The summed E-state index contributed by atoms with van der Waals surface area (Å²) >= 11 is 0. The van der Waals surface area contributed by atoms with Crippen molar-refractivity contribution < 1.29 is 80.2 Å². The van der Waals surface area contributed by atoms with Crippen LogP contribution in [0.2, 0.25) is 0 Å². The van der Waals surface area contributed by atoms with Crippen molar-refractivity contribution in [3.05, 3.63) is 0 Å². The van der Waals surface area contributed by atoms with E-state index >= 15 is 0 Å². The number of phosphoric acid groups is 2. The molecule has 0 aliphatic rings. The Hall–Kier alpha value is -1.94. The molecule has 0 fully saturated rings. The van der Waals surface area contributed by atoms with Crippen LogP contribution >= 0.6 is 15.6 Å². The van der Waals surface area contributed by atoms with Crippen LogP contribution in [0.5, 0.6) is 0 Å². The third-order valence-corrected chi connectivity index (χ3v) is 14.7. The fourth-order valence-electron chi connectivity index (χ4n) is 8.17. The molecule has 3 N–H and O–H groups in total. The third kappa shape index (κ3) is 51.3. The molecule has 0 aliphatic heterocycles. The summed E-state index contributed by atoms with van der Waals surface area (Å²) in [4.78, 5) is 71.3. The van der Waals surface area contributed by atoms with Crippen LogP contribution in [0.3, 0.4) is 0 Å². The molecule has 0 aromatic carbocycles. The zero-order chi connectivity index (χ0) is 55.7. The summed E-state index contributed by atoms with van der Waals surface area (Å²) in [5.74, 6) is -1.42. The Morgan fingerprint density at radius 2 is 0.613 bits per heavy atom. The Balaban J connectivity index is 5.14. The zero-order valence-electron chi connectivity index (χ0n) is 47.7. The van der Waals surface area contributed by atoms with Crippen LogP contribution in [0.1, 0.15) is 272 Å². The van der Waals surface area contributed by atoms with Gasteiger partial charge in [0.1, 0.15) is 19.3 Å². The second-order valence-electron chi connectivity index (χ2n) is 20.8. The lowest BCUT2D eigenvalue weighted by atomic mass is 10.0. The average molecular weight is 1120 g/mol. The lowest BCUT2D eigenvalue weighted by Crippen LogP contribution is -2.30. The normalized spacial score (nSPS) is 14.5. The smallest absolute Gasteiger partial charge is 0.462 e. The number of ether oxygens (including phenoxy) is 4. The van der Waals surface area contributed by atoms with Crippen molar-refractivity contribution in [1.29, 1.82) is 0 Å². The van der Waals surface area contributed by atoms with Gasteiger partial charge in [-0.25, -0.2) is 9.13 Å². The number of esters is 4. The molecule has 2 unspecified atom stereocenters. The van der Waals surface area contributed by atoms with Gasteiger partial charge in [-0.15, -0.1) is 0 Å². The van der Waals surface area contributed by atoms with Gasteiger partial charge in [-0.3, -0.25) is 37.3 Å². The van der Waals surface area contributed by atoms with Gasteiger partial charge in [-0.1, -0.05) is 221 Å². The molecule has 444 valence electrons. The maximum Gasteiger partial charge on any atom is 0.472 e. The van der Waals surface area contributed by atoms with Gasteiger partial charge < -0.3 is 33.8 Å². The molecule has 0 radical (unpaired) electrons. The van der Waals surface area contributed by atoms with Crippen LogP contribution in [-0.2, 0) is 65.4 Å². The van der Waals surface area contributed by atoms with Gasteiger partial charge in [-0.05, 0) is 31.6 Å². The molecule has 17 nitrogen and oxygen atoms in total. The fourth-order valence-corrected chi connectivity index (χ4v) is 9.75. The summed E-state index contributed by atoms with van der Waals surface area (Å²) in [6, 6.07) is 0. The van der Waals surface area contributed by atoms with Crippen molar-refractivity contribution in [3.63, 3.8) is 0 Å². The molecule has 0 aromatic rings. The highest BCUT2D eigenvalue weighted by Crippen LogP contribution is 2.45. The first-order valence-corrected chi connectivity index (χ1v) is 32.6. The van der Waals surface area contributed by atoms with Crippen LogP contribution in [0, 0.1) is 5.92 Å². The van der Waals surface area contributed by atoms with Crippen molar-refractivity contribution in [2.24, 2.45) is 5.92 Å². The number of phosphoric ester groups is 2. The van der Waals surface area contributed by atoms with Gasteiger partial charge in [0.2, 0.25) is 0 Å². The molecule has 0 spiro atoms. The molecule has 0 aliphatic carbocycles. The highest BCUT2D eigenvalue weighted by molar-refractivity contribution is 7.47. The number of unbranched alkanes of at least 4 members (excludes halogenated alkanes) is 28. The molecule has 0 bridgehead atoms. The lowest BCUT2D eigenvalue weighted by molar-refractivity contribution is -0.161. The first-order chi connectivity index (χ1) is 36.0. The average Bonchev–Trinajstić information content (AvgIpc) is 3.37. The molecule has 5 atom stereocenters. The van der Waals surface area contributed by atoms with E-state index in [9.17, 15) is 43.2 Å². The van der Waals surface area contributed by atoms with Crippen molar-refractivity contribution in [3.8, 4) is 0 Å². The second kappa shape index (κ2) is 50.3. The summed E-state index contributed by atoms with van der Waals surface area (Å²) < 4.78 is 67.2. The Morgan fingerprint density at radius 3 is 0.907 bits per heavy atom. The number of hydrogen-bond donors (Lipinski definition) is 3. The molecule has 0 rings (SSSR count). The van der Waals surface area contributed by atoms with Crippen LogP contribution in [-0.4, -0.2) is 96.7 Å². The minimum atomic E-state index is -4.93. The standard InChI is InChI=1S/C56H108O17P2/c1-6-9-12-15-16-17-18-19-20-23-27-32-37-42-56(61)73-52(46-67-54(59)40-35-31-26-24-21-22-25-30-33-38-49(4)5)48-71-75(64,65)69-44-50(57)43-68-74(62,63)70-47-51(72-55(60)41-36-29-14-11-8-3)45-66-53(58)39-34-28-13-10-7-2/h49-52,57H,6-48H2,1-5H3,(H,62,63)(H,64,65)/t50-,51+,52+/m0/s1. The van der Waals surface area contributed by atoms with E-state index in [2.05, 4.69) is 34.6 Å². The Bertz CT molecular complexity index is 1480. The van der Waals surface area contributed by atoms with E-state index < -0.39 is 97.5 Å². The lowest BCUT2D eigenvalue weighted by Gasteiger charge is -2.21. The molecule has 0 saturated heterocycles. The summed E-state index contributed by atoms with van der Waals surface area (Å²) in [7, 11) is -9.85. The first kappa shape index (κ1) is 73.1. The van der Waals surface area contributed by atoms with E-state index in [-0.39, 0.29) is 25.7 Å². The molecule has 19 heteroatoms. The van der Waals surface area contributed by atoms with Crippen LogP contribution < -0.4 is 0 Å². The van der Waals surface area contributed by atoms with Gasteiger partial charge in [0.25, 0.3) is 0 Å². The van der Waals surface area contributed by atoms with E-state index in [0.717, 1.165) is 102 Å². The van der Waals surface area contributed by atoms with Gasteiger partial charge in [0.05, 0.1) is 26.4 Å². The number of rotatable bonds is 56. The number of carbonyl (C=O) groups excluding carboxylic acids is 4. The monoisotopic (exact) mass is 1110 g/mol. The number of hydrogen-bond acceptors (Lipinski definition) is 15. The van der Waals surface area contributed by atoms with Crippen molar-refractivity contribution in [2.75, 3.05) is 39.6 Å². The maximum atomic E-state index is 12.9.